The lowest BCUT2D eigenvalue weighted by atomic mass is 10.2. The molecule has 1 amide bonds. The summed E-state index contributed by atoms with van der Waals surface area (Å²) in [6.07, 6.45) is 3.04. The molecule has 0 aliphatic carbocycles. The number of hydrogen-bond donors (Lipinski definition) is 0. The first-order valence-corrected chi connectivity index (χ1v) is 8.26. The van der Waals surface area contributed by atoms with E-state index in [1.54, 1.807) is 0 Å². The fourth-order valence-corrected chi connectivity index (χ4v) is 3.00. The van der Waals surface area contributed by atoms with Gasteiger partial charge in [0.05, 0.1) is 15.5 Å². The van der Waals surface area contributed by atoms with E-state index in [-0.39, 0.29) is 28.6 Å². The number of carbonyl (C=O) groups excluding carboxylic acids is 1. The minimum Gasteiger partial charge on any atom is -0.331 e. The van der Waals surface area contributed by atoms with Gasteiger partial charge in [0.15, 0.2) is 0 Å². The maximum atomic E-state index is 12.4. The zero-order valence-electron chi connectivity index (χ0n) is 10.6. The molecule has 0 aliphatic heterocycles. The molecule has 0 bridgehead atoms. The van der Waals surface area contributed by atoms with Gasteiger partial charge in [0, 0.05) is 23.8 Å². The highest BCUT2D eigenvalue weighted by Crippen LogP contribution is 2.27. The van der Waals surface area contributed by atoms with Crippen molar-refractivity contribution in [2.45, 2.75) is 4.90 Å². The van der Waals surface area contributed by atoms with Crippen LogP contribution in [0.5, 0.6) is 0 Å². The third-order valence-electron chi connectivity index (χ3n) is 2.44. The molecular formula is C13H13Cl2NO3S. The van der Waals surface area contributed by atoms with Crippen LogP contribution in [0.4, 0.5) is 0 Å². The summed E-state index contributed by atoms with van der Waals surface area (Å²) in [6.45, 7) is 7.56. The second kappa shape index (κ2) is 6.92. The Kier molecular flexibility index (Phi) is 5.80. The molecular weight excluding hydrogens is 321 g/mol. The number of benzene rings is 1. The van der Waals surface area contributed by atoms with Crippen molar-refractivity contribution in [2.24, 2.45) is 0 Å². The van der Waals surface area contributed by atoms with Crippen LogP contribution in [0.25, 0.3) is 0 Å². The molecule has 108 valence electrons. The number of amides is 1. The van der Waals surface area contributed by atoms with E-state index in [1.165, 1.54) is 35.3 Å². The summed E-state index contributed by atoms with van der Waals surface area (Å²) in [4.78, 5) is 13.5. The summed E-state index contributed by atoms with van der Waals surface area (Å²) in [5.74, 6) is -0.547. The minimum atomic E-state index is -4.08. The van der Waals surface area contributed by atoms with Gasteiger partial charge in [-0.2, -0.15) is 0 Å². The fourth-order valence-electron chi connectivity index (χ4n) is 1.63. The third kappa shape index (κ3) is 3.85. The molecule has 20 heavy (non-hydrogen) atoms. The Morgan fingerprint density at radius 1 is 1.25 bits per heavy atom. The van der Waals surface area contributed by atoms with Crippen LogP contribution in [0, 0.1) is 0 Å². The lowest BCUT2D eigenvalue weighted by Gasteiger charge is -2.21. The van der Waals surface area contributed by atoms with Crippen LogP contribution < -0.4 is 0 Å². The molecule has 0 saturated heterocycles. The van der Waals surface area contributed by atoms with Crippen molar-refractivity contribution in [3.05, 3.63) is 54.1 Å². The second-order valence-corrected chi connectivity index (χ2v) is 6.78. The number of hydrogen-bond acceptors (Lipinski definition) is 3. The molecule has 0 saturated carbocycles. The molecule has 0 heterocycles. The molecule has 0 aliphatic rings. The number of halogens is 2. The summed E-state index contributed by atoms with van der Waals surface area (Å²) in [5, 5.41) is 0.0230. The van der Waals surface area contributed by atoms with Crippen molar-refractivity contribution < 1.29 is 13.2 Å². The second-order valence-electron chi connectivity index (χ2n) is 3.84. The molecule has 1 rings (SSSR count). The zero-order valence-corrected chi connectivity index (χ0v) is 12.9. The van der Waals surface area contributed by atoms with Crippen LogP contribution in [0.2, 0.25) is 5.02 Å². The Morgan fingerprint density at radius 3 is 2.25 bits per heavy atom. The summed E-state index contributed by atoms with van der Waals surface area (Å²) < 4.78 is 23.1. The van der Waals surface area contributed by atoms with Gasteiger partial charge in [-0.15, -0.1) is 13.2 Å². The van der Waals surface area contributed by atoms with E-state index in [2.05, 4.69) is 13.2 Å². The van der Waals surface area contributed by atoms with Crippen molar-refractivity contribution in [2.75, 3.05) is 13.1 Å². The quantitative estimate of drug-likeness (QED) is 0.593. The molecule has 0 fully saturated rings. The minimum absolute atomic E-state index is 0.0230. The van der Waals surface area contributed by atoms with Crippen molar-refractivity contribution in [3.8, 4) is 0 Å². The summed E-state index contributed by atoms with van der Waals surface area (Å²) >= 11 is 5.95. The molecule has 0 atom stereocenters. The normalized spacial score (nSPS) is 10.9. The van der Waals surface area contributed by atoms with E-state index in [9.17, 15) is 13.2 Å². The predicted molar refractivity (Wildman–Crippen MR) is 80.8 cm³/mol. The van der Waals surface area contributed by atoms with E-state index >= 15 is 0 Å². The van der Waals surface area contributed by atoms with Crippen molar-refractivity contribution >= 4 is 37.2 Å². The van der Waals surface area contributed by atoms with Gasteiger partial charge in [-0.25, -0.2) is 8.42 Å². The monoisotopic (exact) mass is 333 g/mol. The molecule has 1 aromatic carbocycles. The lowest BCUT2D eigenvalue weighted by Crippen LogP contribution is -2.32. The van der Waals surface area contributed by atoms with Crippen LogP contribution in [0.15, 0.2) is 48.4 Å². The smallest absolute Gasteiger partial charge is 0.262 e. The summed E-state index contributed by atoms with van der Waals surface area (Å²) in [5.41, 5.74) is -0.145. The van der Waals surface area contributed by atoms with Gasteiger partial charge in [-0.05, 0) is 12.1 Å². The fraction of sp³-hybridized carbons (Fsp3) is 0.154. The van der Waals surface area contributed by atoms with Gasteiger partial charge in [-0.3, -0.25) is 4.79 Å². The molecule has 4 nitrogen and oxygen atoms in total. The Bertz CT molecular complexity index is 631. The van der Waals surface area contributed by atoms with Gasteiger partial charge >= 0.3 is 0 Å². The van der Waals surface area contributed by atoms with Gasteiger partial charge in [0.1, 0.15) is 0 Å². The first kappa shape index (κ1) is 16.8. The Labute approximate surface area is 127 Å². The number of nitrogens with zero attached hydrogens (tertiary/aromatic N) is 1. The Hall–Kier alpha value is -1.30. The maximum absolute atomic E-state index is 12.4. The third-order valence-corrected chi connectivity index (χ3v) is 4.12. The first-order chi connectivity index (χ1) is 9.32. The molecule has 7 heteroatoms. The summed E-state index contributed by atoms with van der Waals surface area (Å²) in [6, 6.07) is 4.08. The van der Waals surface area contributed by atoms with Crippen LogP contribution in [0.3, 0.4) is 0 Å². The number of rotatable bonds is 6. The van der Waals surface area contributed by atoms with Crippen LogP contribution in [-0.4, -0.2) is 32.3 Å². The van der Waals surface area contributed by atoms with Crippen molar-refractivity contribution in [1.82, 2.24) is 4.90 Å². The highest BCUT2D eigenvalue weighted by atomic mass is 35.7. The summed E-state index contributed by atoms with van der Waals surface area (Å²) in [7, 11) is 1.27. The zero-order chi connectivity index (χ0) is 15.3. The average molecular weight is 334 g/mol. The van der Waals surface area contributed by atoms with Crippen LogP contribution >= 0.6 is 22.3 Å². The average Bonchev–Trinajstić information content (AvgIpc) is 2.36. The lowest BCUT2D eigenvalue weighted by molar-refractivity contribution is 0.0787. The molecule has 0 N–H and O–H groups in total. The maximum Gasteiger partial charge on any atom is 0.262 e. The first-order valence-electron chi connectivity index (χ1n) is 5.57. The van der Waals surface area contributed by atoms with E-state index in [1.807, 2.05) is 0 Å². The van der Waals surface area contributed by atoms with E-state index in [0.717, 1.165) is 0 Å². The van der Waals surface area contributed by atoms with Crippen molar-refractivity contribution in [1.29, 1.82) is 0 Å². The van der Waals surface area contributed by atoms with E-state index < -0.39 is 15.0 Å². The molecule has 0 radical (unpaired) electrons. The standard InChI is InChI=1S/C13H13Cl2NO3S/c1-3-8-16(9-4-2)13(17)12-10(14)6-5-7-11(12)20(15,18)19/h3-7H,1-2,8-9H2. The van der Waals surface area contributed by atoms with Gasteiger partial charge < -0.3 is 4.90 Å². The molecule has 0 aromatic heterocycles. The van der Waals surface area contributed by atoms with Gasteiger partial charge in [0.25, 0.3) is 15.0 Å². The highest BCUT2D eigenvalue weighted by molar-refractivity contribution is 8.13. The van der Waals surface area contributed by atoms with Gasteiger partial charge in [-0.1, -0.05) is 29.8 Å². The van der Waals surface area contributed by atoms with Crippen LogP contribution in [0.1, 0.15) is 10.4 Å². The Morgan fingerprint density at radius 2 is 1.80 bits per heavy atom. The van der Waals surface area contributed by atoms with Crippen LogP contribution in [-0.2, 0) is 9.05 Å². The highest BCUT2D eigenvalue weighted by Gasteiger charge is 2.26. The largest absolute Gasteiger partial charge is 0.331 e. The van der Waals surface area contributed by atoms with Crippen molar-refractivity contribution in [3.63, 3.8) is 0 Å². The SMILES string of the molecule is C=CCN(CC=C)C(=O)c1c(Cl)cccc1S(=O)(=O)Cl. The van der Waals surface area contributed by atoms with E-state index in [0.29, 0.717) is 0 Å². The molecule has 0 unspecified atom stereocenters. The topological polar surface area (TPSA) is 54.5 Å². The van der Waals surface area contributed by atoms with E-state index in [4.69, 9.17) is 22.3 Å². The Balaban J connectivity index is 3.41. The number of carbonyl (C=O) groups is 1. The molecule has 1 aromatic rings. The predicted octanol–water partition coefficient (Wildman–Crippen LogP) is 3.08. The molecule has 0 spiro atoms. The van der Waals surface area contributed by atoms with Gasteiger partial charge in [0.2, 0.25) is 0 Å².